The van der Waals surface area contributed by atoms with Crippen molar-refractivity contribution in [2.45, 2.75) is 0 Å². The second-order valence-corrected chi connectivity index (χ2v) is 6.41. The highest BCUT2D eigenvalue weighted by Gasteiger charge is 2.15. The number of rotatable bonds is 3. The van der Waals surface area contributed by atoms with E-state index in [1.807, 2.05) is 29.2 Å². The molecule has 0 atom stereocenters. The lowest BCUT2D eigenvalue weighted by molar-refractivity contribution is 0.122. The lowest BCUT2D eigenvalue weighted by Crippen LogP contribution is -2.36. The summed E-state index contributed by atoms with van der Waals surface area (Å²) in [6, 6.07) is 12.3. The fourth-order valence-corrected chi connectivity index (χ4v) is 3.33. The molecule has 1 aliphatic heterocycles. The maximum absolute atomic E-state index is 5.43. The van der Waals surface area contributed by atoms with E-state index >= 15 is 0 Å². The van der Waals surface area contributed by atoms with E-state index in [2.05, 4.69) is 49.2 Å². The normalized spacial score (nSPS) is 14.6. The van der Waals surface area contributed by atoms with Crippen molar-refractivity contribution < 1.29 is 4.74 Å². The molecular formula is C20H18N6O. The first kappa shape index (κ1) is 15.9. The molecule has 0 aliphatic carbocycles. The second-order valence-electron chi connectivity index (χ2n) is 6.41. The Kier molecular flexibility index (Phi) is 3.99. The van der Waals surface area contributed by atoms with Crippen LogP contribution in [-0.4, -0.2) is 51.0 Å². The zero-order chi connectivity index (χ0) is 18.1. The van der Waals surface area contributed by atoms with Crippen LogP contribution in [-0.2, 0) is 4.74 Å². The van der Waals surface area contributed by atoms with Crippen LogP contribution in [0.5, 0.6) is 0 Å². The maximum atomic E-state index is 5.43. The summed E-state index contributed by atoms with van der Waals surface area (Å²) in [4.78, 5) is 15.3. The molecule has 27 heavy (non-hydrogen) atoms. The molecule has 0 unspecified atom stereocenters. The minimum atomic E-state index is 0.721. The van der Waals surface area contributed by atoms with Crippen LogP contribution in [0.2, 0.25) is 0 Å². The molecule has 0 radical (unpaired) electrons. The summed E-state index contributed by atoms with van der Waals surface area (Å²) in [5.41, 5.74) is 3.17. The monoisotopic (exact) mass is 358 g/mol. The predicted molar refractivity (Wildman–Crippen MR) is 103 cm³/mol. The van der Waals surface area contributed by atoms with Gasteiger partial charge >= 0.3 is 0 Å². The van der Waals surface area contributed by atoms with Crippen molar-refractivity contribution in [3.8, 4) is 16.9 Å². The molecule has 0 saturated carbocycles. The number of hydrogen-bond acceptors (Lipinski definition) is 6. The molecule has 5 rings (SSSR count). The number of anilines is 1. The quantitative estimate of drug-likeness (QED) is 0.561. The Labute approximate surface area is 156 Å². The van der Waals surface area contributed by atoms with E-state index < -0.39 is 0 Å². The van der Waals surface area contributed by atoms with Gasteiger partial charge in [0.05, 0.1) is 24.9 Å². The Morgan fingerprint density at radius 3 is 2.63 bits per heavy atom. The molecule has 0 amide bonds. The molecule has 134 valence electrons. The van der Waals surface area contributed by atoms with Gasteiger partial charge in [-0.15, -0.1) is 0 Å². The van der Waals surface area contributed by atoms with Crippen LogP contribution in [0.15, 0.2) is 61.3 Å². The van der Waals surface area contributed by atoms with E-state index in [1.54, 1.807) is 12.5 Å². The standard InChI is InChI=1S/C20H18N6O/c1-2-16(12-21-5-1)15-3-4-17-13-24-26(18(17)10-15)20-11-19(22-14-23-20)25-6-8-27-9-7-25/h1-5,10-14H,6-9H2. The molecular weight excluding hydrogens is 340 g/mol. The molecule has 0 spiro atoms. The van der Waals surface area contributed by atoms with Gasteiger partial charge in [-0.1, -0.05) is 18.2 Å². The van der Waals surface area contributed by atoms with Gasteiger partial charge in [-0.3, -0.25) is 4.98 Å². The Bertz CT molecular complexity index is 1070. The summed E-state index contributed by atoms with van der Waals surface area (Å²) in [5.74, 6) is 1.65. The van der Waals surface area contributed by atoms with E-state index in [4.69, 9.17) is 4.74 Å². The number of ether oxygens (including phenoxy) is 1. The highest BCUT2D eigenvalue weighted by atomic mass is 16.5. The van der Waals surface area contributed by atoms with Crippen molar-refractivity contribution in [2.75, 3.05) is 31.2 Å². The van der Waals surface area contributed by atoms with E-state index in [1.165, 1.54) is 0 Å². The average Bonchev–Trinajstić information content (AvgIpc) is 3.18. The van der Waals surface area contributed by atoms with E-state index in [0.29, 0.717) is 0 Å². The molecule has 4 aromatic rings. The number of aromatic nitrogens is 5. The first-order chi connectivity index (χ1) is 13.4. The molecule has 4 heterocycles. The van der Waals surface area contributed by atoms with Crippen LogP contribution in [0.1, 0.15) is 0 Å². The van der Waals surface area contributed by atoms with Gasteiger partial charge in [0.1, 0.15) is 12.1 Å². The molecule has 0 bridgehead atoms. The lowest BCUT2D eigenvalue weighted by Gasteiger charge is -2.27. The third-order valence-electron chi connectivity index (χ3n) is 4.76. The largest absolute Gasteiger partial charge is 0.378 e. The number of morpholine rings is 1. The fourth-order valence-electron chi connectivity index (χ4n) is 3.33. The highest BCUT2D eigenvalue weighted by molar-refractivity contribution is 5.85. The summed E-state index contributed by atoms with van der Waals surface area (Å²) < 4.78 is 7.29. The minimum Gasteiger partial charge on any atom is -0.378 e. The van der Waals surface area contributed by atoms with E-state index in [0.717, 1.165) is 60.0 Å². The Morgan fingerprint density at radius 1 is 0.889 bits per heavy atom. The maximum Gasteiger partial charge on any atom is 0.159 e. The van der Waals surface area contributed by atoms with Gasteiger partial charge in [-0.2, -0.15) is 5.10 Å². The van der Waals surface area contributed by atoms with Crippen LogP contribution >= 0.6 is 0 Å². The van der Waals surface area contributed by atoms with Gasteiger partial charge in [0.2, 0.25) is 0 Å². The van der Waals surface area contributed by atoms with Crippen molar-refractivity contribution in [1.82, 2.24) is 24.7 Å². The molecule has 1 fully saturated rings. The van der Waals surface area contributed by atoms with Crippen LogP contribution < -0.4 is 4.90 Å². The molecule has 7 nitrogen and oxygen atoms in total. The third kappa shape index (κ3) is 3.02. The van der Waals surface area contributed by atoms with Gasteiger partial charge in [0.25, 0.3) is 0 Å². The summed E-state index contributed by atoms with van der Waals surface area (Å²) in [5, 5.41) is 5.62. The molecule has 7 heteroatoms. The average molecular weight is 358 g/mol. The number of benzene rings is 1. The van der Waals surface area contributed by atoms with Crippen molar-refractivity contribution in [1.29, 1.82) is 0 Å². The smallest absolute Gasteiger partial charge is 0.159 e. The number of nitrogens with zero attached hydrogens (tertiary/aromatic N) is 6. The Balaban J connectivity index is 1.57. The van der Waals surface area contributed by atoms with Gasteiger partial charge < -0.3 is 9.64 Å². The molecule has 1 aromatic carbocycles. The third-order valence-corrected chi connectivity index (χ3v) is 4.76. The number of pyridine rings is 1. The SMILES string of the molecule is c1cncc(-c2ccc3cnn(-c4cc(N5CCOCC5)ncn4)c3c2)c1. The van der Waals surface area contributed by atoms with Crippen LogP contribution in [0.25, 0.3) is 27.8 Å². The van der Waals surface area contributed by atoms with Crippen molar-refractivity contribution in [3.63, 3.8) is 0 Å². The van der Waals surface area contributed by atoms with Gasteiger partial charge in [-0.05, 0) is 17.7 Å². The molecule has 1 saturated heterocycles. The minimum absolute atomic E-state index is 0.721. The van der Waals surface area contributed by atoms with Gasteiger partial charge in [0, 0.05) is 42.5 Å². The number of hydrogen-bond donors (Lipinski definition) is 0. The highest BCUT2D eigenvalue weighted by Crippen LogP contribution is 2.26. The van der Waals surface area contributed by atoms with Crippen LogP contribution in [0.3, 0.4) is 0 Å². The van der Waals surface area contributed by atoms with Crippen molar-refractivity contribution >= 4 is 16.7 Å². The summed E-state index contributed by atoms with van der Waals surface area (Å²) in [6.07, 6.45) is 7.10. The van der Waals surface area contributed by atoms with Crippen LogP contribution in [0.4, 0.5) is 5.82 Å². The van der Waals surface area contributed by atoms with Gasteiger partial charge in [-0.25, -0.2) is 14.6 Å². The fraction of sp³-hybridized carbons (Fsp3) is 0.200. The van der Waals surface area contributed by atoms with E-state index in [9.17, 15) is 0 Å². The Morgan fingerprint density at radius 2 is 1.78 bits per heavy atom. The summed E-state index contributed by atoms with van der Waals surface area (Å²) in [6.45, 7) is 3.11. The summed E-state index contributed by atoms with van der Waals surface area (Å²) >= 11 is 0. The molecule has 3 aromatic heterocycles. The van der Waals surface area contributed by atoms with Crippen molar-refractivity contribution in [2.24, 2.45) is 0 Å². The molecule has 0 N–H and O–H groups in total. The van der Waals surface area contributed by atoms with Crippen LogP contribution in [0, 0.1) is 0 Å². The van der Waals surface area contributed by atoms with Gasteiger partial charge in [0.15, 0.2) is 5.82 Å². The topological polar surface area (TPSA) is 69.0 Å². The zero-order valence-electron chi connectivity index (χ0n) is 14.7. The Hall–Kier alpha value is -3.32. The molecule has 1 aliphatic rings. The second kappa shape index (κ2) is 6.77. The first-order valence-corrected chi connectivity index (χ1v) is 8.92. The summed E-state index contributed by atoms with van der Waals surface area (Å²) in [7, 11) is 0. The zero-order valence-corrected chi connectivity index (χ0v) is 14.7. The number of fused-ring (bicyclic) bond motifs is 1. The first-order valence-electron chi connectivity index (χ1n) is 8.92. The van der Waals surface area contributed by atoms with E-state index in [-0.39, 0.29) is 0 Å². The lowest BCUT2D eigenvalue weighted by atomic mass is 10.1. The predicted octanol–water partition coefficient (Wildman–Crippen LogP) is 2.71. The van der Waals surface area contributed by atoms with Crippen molar-refractivity contribution in [3.05, 3.63) is 61.3 Å².